The number of carbonyl (C=O) groups is 2. The van der Waals surface area contributed by atoms with Crippen LogP contribution < -0.4 is 9.47 Å². The molecule has 8 heteroatoms. The van der Waals surface area contributed by atoms with E-state index in [1.165, 1.54) is 0 Å². The summed E-state index contributed by atoms with van der Waals surface area (Å²) < 4.78 is 17.9. The Morgan fingerprint density at radius 2 is 1.48 bits per heavy atom. The number of aromatic nitrogens is 3. The van der Waals surface area contributed by atoms with Gasteiger partial charge in [0.25, 0.3) is 0 Å². The third kappa shape index (κ3) is 5.06. The van der Waals surface area contributed by atoms with Crippen LogP contribution in [0.5, 0.6) is 11.5 Å². The van der Waals surface area contributed by atoms with Crippen molar-refractivity contribution >= 4 is 33.6 Å². The second-order valence-electron chi connectivity index (χ2n) is 9.74. The monoisotopic (exact) mass is 557 g/mol. The molecule has 0 N–H and O–H groups in total. The number of carbonyl (C=O) groups excluding carboxylic acids is 2. The number of ether oxygens (including phenoxy) is 3. The minimum absolute atomic E-state index is 0.281. The molecule has 4 aromatic carbocycles. The molecule has 0 aliphatic carbocycles. The van der Waals surface area contributed by atoms with Crippen molar-refractivity contribution in [1.29, 1.82) is 0 Å². The third-order valence-corrected chi connectivity index (χ3v) is 7.12. The van der Waals surface area contributed by atoms with Gasteiger partial charge in [-0.1, -0.05) is 36.4 Å². The van der Waals surface area contributed by atoms with Crippen molar-refractivity contribution < 1.29 is 23.8 Å². The lowest BCUT2D eigenvalue weighted by Gasteiger charge is -2.10. The maximum absolute atomic E-state index is 13.6. The van der Waals surface area contributed by atoms with Crippen LogP contribution in [0.4, 0.5) is 0 Å². The standard InChI is InChI=1S/C34H27N3O5/c1-21-32-29(34(39)42-20-31(38)25-10-9-24-18-28(41-3)16-13-23(24)17-25)19-30(22-11-14-27(40-2)15-12-22)35-33(32)37(36-21)26-7-5-4-6-8-26/h4-19H,20H2,1-3H3. The number of aryl methyl sites for hydroxylation is 1. The van der Waals surface area contributed by atoms with Gasteiger partial charge in [0.2, 0.25) is 0 Å². The molecule has 2 heterocycles. The maximum atomic E-state index is 13.6. The van der Waals surface area contributed by atoms with Crippen molar-refractivity contribution in [3.8, 4) is 28.4 Å². The number of Topliss-reactive ketones (excluding diaryl/α,β-unsaturated/α-hetero) is 1. The molecule has 0 fully saturated rings. The van der Waals surface area contributed by atoms with Gasteiger partial charge in [0.05, 0.1) is 42.2 Å². The van der Waals surface area contributed by atoms with Crippen molar-refractivity contribution in [2.75, 3.05) is 20.8 Å². The zero-order valence-electron chi connectivity index (χ0n) is 23.3. The number of methoxy groups -OCH3 is 2. The van der Waals surface area contributed by atoms with Crippen LogP contribution >= 0.6 is 0 Å². The van der Waals surface area contributed by atoms with Crippen LogP contribution in [0.1, 0.15) is 26.4 Å². The first-order valence-corrected chi connectivity index (χ1v) is 13.3. The normalized spacial score (nSPS) is 11.0. The van der Waals surface area contributed by atoms with Gasteiger partial charge in [-0.2, -0.15) is 5.10 Å². The van der Waals surface area contributed by atoms with Crippen LogP contribution in [0.15, 0.2) is 97.1 Å². The molecule has 6 rings (SSSR count). The average molecular weight is 558 g/mol. The largest absolute Gasteiger partial charge is 0.497 e. The van der Waals surface area contributed by atoms with Gasteiger partial charge in [-0.15, -0.1) is 0 Å². The van der Waals surface area contributed by atoms with E-state index in [1.54, 1.807) is 37.1 Å². The van der Waals surface area contributed by atoms with E-state index in [4.69, 9.17) is 24.3 Å². The molecular formula is C34H27N3O5. The molecule has 0 bridgehead atoms. The van der Waals surface area contributed by atoms with Crippen LogP contribution in [-0.4, -0.2) is 47.3 Å². The van der Waals surface area contributed by atoms with Crippen molar-refractivity contribution in [2.45, 2.75) is 6.92 Å². The number of nitrogens with zero attached hydrogens (tertiary/aromatic N) is 3. The minimum Gasteiger partial charge on any atom is -0.497 e. The predicted molar refractivity (Wildman–Crippen MR) is 161 cm³/mol. The molecule has 6 aromatic rings. The van der Waals surface area contributed by atoms with Gasteiger partial charge in [-0.3, -0.25) is 4.79 Å². The molecule has 0 atom stereocenters. The van der Waals surface area contributed by atoms with Crippen molar-refractivity contribution in [1.82, 2.24) is 14.8 Å². The second kappa shape index (κ2) is 11.2. The van der Waals surface area contributed by atoms with E-state index in [9.17, 15) is 9.59 Å². The van der Waals surface area contributed by atoms with Crippen LogP contribution in [0.25, 0.3) is 38.8 Å². The molecule has 0 aliphatic rings. The number of esters is 1. The van der Waals surface area contributed by atoms with E-state index in [-0.39, 0.29) is 11.3 Å². The second-order valence-corrected chi connectivity index (χ2v) is 9.74. The SMILES string of the molecule is COc1ccc(-c2cc(C(=O)OCC(=O)c3ccc4cc(OC)ccc4c3)c3c(C)nn(-c4ccccc4)c3n2)cc1. The van der Waals surface area contributed by atoms with Crippen molar-refractivity contribution in [3.05, 3.63) is 114 Å². The van der Waals surface area contributed by atoms with E-state index in [2.05, 4.69) is 0 Å². The molecule has 0 amide bonds. The number of fused-ring (bicyclic) bond motifs is 2. The molecule has 2 aromatic heterocycles. The van der Waals surface area contributed by atoms with Crippen LogP contribution in [0.3, 0.4) is 0 Å². The Bertz CT molecular complexity index is 1950. The topological polar surface area (TPSA) is 92.5 Å². The molecule has 0 aliphatic heterocycles. The number of ketones is 1. The Balaban J connectivity index is 1.35. The van der Waals surface area contributed by atoms with E-state index in [1.807, 2.05) is 85.8 Å². The van der Waals surface area contributed by atoms with E-state index >= 15 is 0 Å². The van der Waals surface area contributed by atoms with Gasteiger partial charge in [0, 0.05) is 11.1 Å². The molecule has 0 unspecified atom stereocenters. The van der Waals surface area contributed by atoms with Gasteiger partial charge in [-0.25, -0.2) is 14.5 Å². The predicted octanol–water partition coefficient (Wildman–Crippen LogP) is 6.61. The first-order valence-electron chi connectivity index (χ1n) is 13.3. The van der Waals surface area contributed by atoms with Gasteiger partial charge in [0.15, 0.2) is 18.0 Å². The summed E-state index contributed by atoms with van der Waals surface area (Å²) in [6, 6.07) is 29.7. The highest BCUT2D eigenvalue weighted by Gasteiger charge is 2.23. The summed E-state index contributed by atoms with van der Waals surface area (Å²) >= 11 is 0. The molecule has 208 valence electrons. The summed E-state index contributed by atoms with van der Waals surface area (Å²) in [6.07, 6.45) is 0. The Labute approximate surface area is 242 Å². The first-order chi connectivity index (χ1) is 20.4. The van der Waals surface area contributed by atoms with E-state index in [0.29, 0.717) is 33.7 Å². The molecule has 42 heavy (non-hydrogen) atoms. The fraction of sp³-hybridized carbons (Fsp3) is 0.118. The quantitative estimate of drug-likeness (QED) is 0.154. The highest BCUT2D eigenvalue weighted by Crippen LogP contribution is 2.30. The number of hydrogen-bond acceptors (Lipinski definition) is 7. The van der Waals surface area contributed by atoms with E-state index < -0.39 is 12.6 Å². The van der Waals surface area contributed by atoms with Crippen molar-refractivity contribution in [3.63, 3.8) is 0 Å². The zero-order chi connectivity index (χ0) is 29.2. The Morgan fingerprint density at radius 1 is 0.786 bits per heavy atom. The highest BCUT2D eigenvalue weighted by atomic mass is 16.5. The van der Waals surface area contributed by atoms with Gasteiger partial charge >= 0.3 is 5.97 Å². The third-order valence-electron chi connectivity index (χ3n) is 7.12. The van der Waals surface area contributed by atoms with Gasteiger partial charge in [-0.05, 0) is 78.4 Å². The number of benzene rings is 4. The van der Waals surface area contributed by atoms with Crippen LogP contribution in [0.2, 0.25) is 0 Å². The zero-order valence-corrected chi connectivity index (χ0v) is 23.3. The van der Waals surface area contributed by atoms with Gasteiger partial charge in [0.1, 0.15) is 11.5 Å². The number of hydrogen-bond donors (Lipinski definition) is 0. The lowest BCUT2D eigenvalue weighted by atomic mass is 10.0. The molecule has 0 spiro atoms. The van der Waals surface area contributed by atoms with Crippen LogP contribution in [0, 0.1) is 6.92 Å². The van der Waals surface area contributed by atoms with Crippen molar-refractivity contribution in [2.24, 2.45) is 0 Å². The molecule has 0 saturated heterocycles. The smallest absolute Gasteiger partial charge is 0.339 e. The fourth-order valence-electron chi connectivity index (χ4n) is 4.93. The van der Waals surface area contributed by atoms with Gasteiger partial charge < -0.3 is 14.2 Å². The number of rotatable bonds is 8. The lowest BCUT2D eigenvalue weighted by molar-refractivity contribution is 0.0476. The first kappa shape index (κ1) is 26.7. The minimum atomic E-state index is -0.633. The Morgan fingerprint density at radius 3 is 2.21 bits per heavy atom. The average Bonchev–Trinajstić information content (AvgIpc) is 3.38. The summed E-state index contributed by atoms with van der Waals surface area (Å²) in [4.78, 5) is 31.6. The van der Waals surface area contributed by atoms with E-state index in [0.717, 1.165) is 27.8 Å². The molecular weight excluding hydrogens is 530 g/mol. The summed E-state index contributed by atoms with van der Waals surface area (Å²) in [7, 11) is 3.21. The molecule has 0 saturated carbocycles. The summed E-state index contributed by atoms with van der Waals surface area (Å²) in [5.41, 5.74) is 4.01. The Kier molecular flexibility index (Phi) is 7.10. The fourth-order valence-corrected chi connectivity index (χ4v) is 4.93. The summed E-state index contributed by atoms with van der Waals surface area (Å²) in [6.45, 7) is 1.41. The summed E-state index contributed by atoms with van der Waals surface area (Å²) in [5.74, 6) is 0.500. The summed E-state index contributed by atoms with van der Waals surface area (Å²) in [5, 5.41) is 7.09. The number of para-hydroxylation sites is 1. The lowest BCUT2D eigenvalue weighted by Crippen LogP contribution is -2.15. The molecule has 8 nitrogen and oxygen atoms in total. The number of pyridine rings is 1. The molecule has 0 radical (unpaired) electrons. The Hall–Kier alpha value is -5.50. The van der Waals surface area contributed by atoms with Crippen LogP contribution in [-0.2, 0) is 4.74 Å². The highest BCUT2D eigenvalue weighted by molar-refractivity contribution is 6.07. The maximum Gasteiger partial charge on any atom is 0.339 e.